The predicted molar refractivity (Wildman–Crippen MR) is 156 cm³/mol. The lowest BCUT2D eigenvalue weighted by Crippen LogP contribution is -2.36. The number of imidazole rings is 2. The summed E-state index contributed by atoms with van der Waals surface area (Å²) in [5.74, 6) is 0.412. The number of hydrogen-bond donors (Lipinski definition) is 4. The van der Waals surface area contributed by atoms with Gasteiger partial charge in [-0.15, -0.1) is 0 Å². The lowest BCUT2D eigenvalue weighted by molar-refractivity contribution is -0.0578. The number of fused-ring (bicyclic) bond motifs is 5. The van der Waals surface area contributed by atoms with Crippen molar-refractivity contribution in [3.8, 4) is 0 Å². The smallest absolute Gasteiger partial charge is 0.279 e. The summed E-state index contributed by atoms with van der Waals surface area (Å²) in [6, 6.07) is 0. The van der Waals surface area contributed by atoms with Crippen LogP contribution >= 0.6 is 14.9 Å². The van der Waals surface area contributed by atoms with Gasteiger partial charge in [-0.3, -0.25) is 23.1 Å². The summed E-state index contributed by atoms with van der Waals surface area (Å²) in [5.41, 5.74) is 6.07. The van der Waals surface area contributed by atoms with E-state index >= 15 is 0 Å². The van der Waals surface area contributed by atoms with Gasteiger partial charge in [-0.2, -0.15) is 0 Å². The van der Waals surface area contributed by atoms with Crippen LogP contribution in [-0.4, -0.2) is 114 Å². The average Bonchev–Trinajstić information content (AvgIpc) is 3.72. The van der Waals surface area contributed by atoms with Crippen LogP contribution in [0.5, 0.6) is 0 Å². The Morgan fingerprint density at radius 2 is 1.51 bits per heavy atom. The Bertz CT molecular complexity index is 1940. The summed E-state index contributed by atoms with van der Waals surface area (Å²) in [6.07, 6.45) is -6.39. The van der Waals surface area contributed by atoms with Crippen molar-refractivity contribution in [1.82, 2.24) is 39.0 Å². The third-order valence-electron chi connectivity index (χ3n) is 7.68. The van der Waals surface area contributed by atoms with Crippen molar-refractivity contribution in [1.29, 1.82) is 0 Å². The molecule has 3 saturated heterocycles. The highest BCUT2D eigenvalue weighted by Gasteiger charge is 2.52. The zero-order valence-corrected chi connectivity index (χ0v) is 25.7. The summed E-state index contributed by atoms with van der Waals surface area (Å²) >= 11 is 0. The van der Waals surface area contributed by atoms with Gasteiger partial charge < -0.3 is 48.5 Å². The normalized spacial score (nSPS) is 37.7. The second kappa shape index (κ2) is 11.0. The molecule has 4 aromatic rings. The molecule has 0 amide bonds. The number of hydrogen-bond acceptors (Lipinski definition) is 17. The molecule has 3 fully saturated rings. The van der Waals surface area contributed by atoms with Crippen molar-refractivity contribution in [2.45, 2.75) is 56.0 Å². The van der Waals surface area contributed by atoms with E-state index < -0.39 is 82.8 Å². The minimum Gasteiger partial charge on any atom is -0.387 e. The lowest BCUT2D eigenvalue weighted by Gasteiger charge is -2.27. The molecule has 3 aliphatic heterocycles. The number of rotatable bonds is 2. The number of nitrogens with two attached hydrogens (primary N) is 1. The highest BCUT2D eigenvalue weighted by molar-refractivity contribution is 7.79. The molecule has 0 aromatic carbocycles. The van der Waals surface area contributed by atoms with Crippen molar-refractivity contribution in [3.05, 3.63) is 35.2 Å². The predicted octanol–water partition coefficient (Wildman–Crippen LogP) is -2.33. The number of aromatic amines is 1. The summed E-state index contributed by atoms with van der Waals surface area (Å²) in [4.78, 5) is 35.7. The molecule has 0 saturated carbocycles. The van der Waals surface area contributed by atoms with Gasteiger partial charge >= 0.3 is 0 Å². The van der Waals surface area contributed by atoms with E-state index in [2.05, 4.69) is 29.9 Å². The lowest BCUT2D eigenvalue weighted by atomic mass is 10.1. The fourth-order valence-corrected chi connectivity index (χ4v) is 7.94. The maximum absolute atomic E-state index is 13.7. The first kappa shape index (κ1) is 30.6. The second-order valence-electron chi connectivity index (χ2n) is 10.9. The third-order valence-corrected chi connectivity index (χ3v) is 10.2. The number of H-pyrrole nitrogens is 1. The van der Waals surface area contributed by atoms with Gasteiger partial charge in [0, 0.05) is 0 Å². The average molecular weight is 665 g/mol. The van der Waals surface area contributed by atoms with Crippen LogP contribution in [0.15, 0.2) is 23.8 Å². The molecule has 4 aromatic heterocycles. The number of aliphatic hydroxyl groups excluding tert-OH is 2. The number of nitrogens with one attached hydrogen (secondary N) is 1. The molecule has 2 bridgehead atoms. The molecule has 7 heterocycles. The molecule has 3 aliphatic rings. The van der Waals surface area contributed by atoms with E-state index in [4.69, 9.17) is 33.3 Å². The fraction of sp³-hybridized carbons (Fsp3) is 0.524. The summed E-state index contributed by atoms with van der Waals surface area (Å²) in [5, 5.41) is 22.5. The van der Waals surface area contributed by atoms with E-state index in [1.165, 1.54) is 43.2 Å². The monoisotopic (exact) mass is 665 g/mol. The topological polar surface area (TPSA) is 263 Å². The zero-order chi connectivity index (χ0) is 31.8. The van der Waals surface area contributed by atoms with Crippen LogP contribution in [0.1, 0.15) is 18.3 Å². The standard InChI is InChI=1S/C21H27B2N9O11P2/c1-7-29-18-11(19(35)30-7)28-6-32(18)21-15-12(33)8(40-21)2-38-44(22,36)42-14-9(3-39-45(23,37)43-15)41-20(13(14)34)31-5-27-10-16(24)25-4-26-17(10)31/h4-6,8-9,12-15,20-21,33-34H,2-3,22-23H2,1H3,(H2,24,25,26)(H,29,30,35)/t8?,9?,12?,13?,14?,15?,20?,21?,44-,45-/m0/s1. The first-order chi connectivity index (χ1) is 21.3. The Morgan fingerprint density at radius 1 is 0.889 bits per heavy atom. The Balaban J connectivity index is 1.21. The van der Waals surface area contributed by atoms with Crippen molar-refractivity contribution < 1.29 is 46.9 Å². The van der Waals surface area contributed by atoms with E-state index in [1.807, 2.05) is 0 Å². The van der Waals surface area contributed by atoms with Crippen LogP contribution in [0.4, 0.5) is 5.82 Å². The molecule has 0 aliphatic carbocycles. The SMILES string of the molecule is B[P@]1(=O)OCC2OC(n3cnc4c(=O)[nH]c(C)nc43)C(O[P@@](B)(=O)OCC3OC(n4cnc5c(N)ncnc54)C(O)C3O1)C2O. The molecule has 8 unspecified atom stereocenters. The molecule has 5 N–H and O–H groups in total. The maximum Gasteiger partial charge on any atom is 0.279 e. The van der Waals surface area contributed by atoms with Crippen molar-refractivity contribution in [2.75, 3.05) is 18.9 Å². The Hall–Kier alpha value is -3.03. The zero-order valence-electron chi connectivity index (χ0n) is 23.9. The molecule has 24 heteroatoms. The van der Waals surface area contributed by atoms with E-state index in [-0.39, 0.29) is 28.1 Å². The number of nitrogen functional groups attached to an aromatic ring is 1. The van der Waals surface area contributed by atoms with Gasteiger partial charge in [0.25, 0.3) is 35.6 Å². The first-order valence-corrected chi connectivity index (χ1v) is 17.6. The fourth-order valence-electron chi connectivity index (χ4n) is 5.61. The van der Waals surface area contributed by atoms with E-state index in [1.54, 1.807) is 6.92 Å². The van der Waals surface area contributed by atoms with E-state index in [0.29, 0.717) is 5.82 Å². The van der Waals surface area contributed by atoms with Crippen molar-refractivity contribution in [3.63, 3.8) is 0 Å². The quantitative estimate of drug-likeness (QED) is 0.129. The van der Waals surface area contributed by atoms with Gasteiger partial charge in [-0.05, 0) is 6.92 Å². The second-order valence-corrected chi connectivity index (χ2v) is 15.0. The Kier molecular flexibility index (Phi) is 7.52. The van der Waals surface area contributed by atoms with Gasteiger partial charge in [-0.25, -0.2) is 24.9 Å². The molecule has 238 valence electrons. The molecule has 45 heavy (non-hydrogen) atoms. The van der Waals surface area contributed by atoms with Crippen LogP contribution in [0, 0.1) is 6.92 Å². The highest BCUT2D eigenvalue weighted by atomic mass is 31.2. The molecular weight excluding hydrogens is 638 g/mol. The molecule has 10 atom stereocenters. The van der Waals surface area contributed by atoms with E-state index in [9.17, 15) is 24.1 Å². The van der Waals surface area contributed by atoms with Gasteiger partial charge in [0.15, 0.2) is 35.1 Å². The molecule has 0 spiro atoms. The summed E-state index contributed by atoms with van der Waals surface area (Å²) in [7, 11) is -5.64. The number of aromatic nitrogens is 8. The summed E-state index contributed by atoms with van der Waals surface area (Å²) in [6.45, 7) is 0.661. The van der Waals surface area contributed by atoms with Gasteiger partial charge in [0.2, 0.25) is 0 Å². The molecule has 0 radical (unpaired) electrons. The molecule has 20 nitrogen and oxygen atoms in total. The number of ether oxygens (including phenoxy) is 2. The van der Waals surface area contributed by atoms with Crippen LogP contribution in [0.25, 0.3) is 22.3 Å². The van der Waals surface area contributed by atoms with Crippen LogP contribution < -0.4 is 11.3 Å². The minimum atomic E-state index is -4.03. The van der Waals surface area contributed by atoms with Gasteiger partial charge in [-0.1, -0.05) is 0 Å². The van der Waals surface area contributed by atoms with Crippen LogP contribution in [-0.2, 0) is 36.7 Å². The van der Waals surface area contributed by atoms with Crippen molar-refractivity contribution >= 4 is 58.2 Å². The Labute approximate surface area is 254 Å². The van der Waals surface area contributed by atoms with E-state index in [0.717, 1.165) is 0 Å². The maximum atomic E-state index is 13.7. The van der Waals surface area contributed by atoms with Gasteiger partial charge in [0.1, 0.15) is 54.3 Å². The van der Waals surface area contributed by atoms with Crippen LogP contribution in [0.2, 0.25) is 0 Å². The van der Waals surface area contributed by atoms with Gasteiger partial charge in [0.05, 0.1) is 25.9 Å². The largest absolute Gasteiger partial charge is 0.387 e. The number of nitrogens with zero attached hydrogens (tertiary/aromatic N) is 7. The Morgan fingerprint density at radius 3 is 2.24 bits per heavy atom. The van der Waals surface area contributed by atoms with Crippen LogP contribution in [0.3, 0.4) is 0 Å². The van der Waals surface area contributed by atoms with Crippen molar-refractivity contribution in [2.24, 2.45) is 0 Å². The number of anilines is 1. The number of aryl methyl sites for hydroxylation is 1. The first-order valence-electron chi connectivity index (χ1n) is 13.7. The number of aliphatic hydroxyl groups is 2. The molecule has 7 rings (SSSR count). The minimum absolute atomic E-state index is 0.00582. The summed E-state index contributed by atoms with van der Waals surface area (Å²) < 4.78 is 65.1. The highest BCUT2D eigenvalue weighted by Crippen LogP contribution is 2.53. The molecular formula is C21H27B2N9O11P2. The third kappa shape index (κ3) is 5.44.